The lowest BCUT2D eigenvalue weighted by atomic mass is 9.89. The lowest BCUT2D eigenvalue weighted by Crippen LogP contribution is -2.53. The number of anilines is 1. The van der Waals surface area contributed by atoms with Crippen molar-refractivity contribution in [3.63, 3.8) is 0 Å². The number of rotatable bonds is 4. The molecule has 1 aromatic carbocycles. The number of amides is 2. The maximum atomic E-state index is 12.2. The summed E-state index contributed by atoms with van der Waals surface area (Å²) in [6.45, 7) is 2.73. The molecular formula is C18H29N3O. The Kier molecular flexibility index (Phi) is 5.83. The van der Waals surface area contributed by atoms with E-state index in [1.165, 1.54) is 25.7 Å². The van der Waals surface area contributed by atoms with Gasteiger partial charge >= 0.3 is 6.03 Å². The molecule has 0 unspecified atom stereocenters. The molecule has 1 fully saturated rings. The molecule has 1 aromatic rings. The van der Waals surface area contributed by atoms with E-state index >= 15 is 0 Å². The number of likely N-dealkylation sites (N-methyl/N-ethyl adjacent to an activating group) is 1. The highest BCUT2D eigenvalue weighted by molar-refractivity contribution is 5.89. The van der Waals surface area contributed by atoms with Crippen LogP contribution < -0.4 is 10.6 Å². The first-order chi connectivity index (χ1) is 10.5. The average molecular weight is 303 g/mol. The topological polar surface area (TPSA) is 44.4 Å². The number of carbonyl (C=O) groups is 1. The summed E-state index contributed by atoms with van der Waals surface area (Å²) in [5.74, 6) is 0. The van der Waals surface area contributed by atoms with Gasteiger partial charge in [0.1, 0.15) is 0 Å². The smallest absolute Gasteiger partial charge is 0.319 e. The molecular weight excluding hydrogens is 274 g/mol. The Labute approximate surface area is 134 Å². The number of nitrogens with zero attached hydrogens (tertiary/aromatic N) is 1. The molecule has 4 heteroatoms. The van der Waals surface area contributed by atoms with E-state index in [1.807, 2.05) is 31.2 Å². The standard InChI is InChI=1S/C18H29N3O/c1-15-9-8-10-16(13-15)20-17(22)19-14-18(21(2)3)11-6-4-5-7-12-18/h8-10,13H,4-7,11-12,14H2,1-3H3,(H2,19,20,22). The summed E-state index contributed by atoms with van der Waals surface area (Å²) >= 11 is 0. The lowest BCUT2D eigenvalue weighted by Gasteiger charge is -2.39. The van der Waals surface area contributed by atoms with Gasteiger partial charge in [-0.2, -0.15) is 0 Å². The van der Waals surface area contributed by atoms with Crippen LogP contribution in [0, 0.1) is 6.92 Å². The third kappa shape index (κ3) is 4.47. The van der Waals surface area contributed by atoms with Gasteiger partial charge in [-0.1, -0.05) is 37.8 Å². The molecule has 1 aliphatic rings. The van der Waals surface area contributed by atoms with Gasteiger partial charge in [0.25, 0.3) is 0 Å². The highest BCUT2D eigenvalue weighted by atomic mass is 16.2. The van der Waals surface area contributed by atoms with E-state index in [4.69, 9.17) is 0 Å². The number of aryl methyl sites for hydroxylation is 1. The van der Waals surface area contributed by atoms with Crippen LogP contribution in [0.1, 0.15) is 44.1 Å². The molecule has 0 radical (unpaired) electrons. The number of hydrogen-bond acceptors (Lipinski definition) is 2. The van der Waals surface area contributed by atoms with Crippen LogP contribution in [0.5, 0.6) is 0 Å². The fourth-order valence-electron chi connectivity index (χ4n) is 3.31. The quantitative estimate of drug-likeness (QED) is 0.832. The molecule has 122 valence electrons. The summed E-state index contributed by atoms with van der Waals surface area (Å²) in [5, 5.41) is 6.00. The third-order valence-electron chi connectivity index (χ3n) is 4.84. The summed E-state index contributed by atoms with van der Waals surface area (Å²) in [4.78, 5) is 14.5. The molecule has 22 heavy (non-hydrogen) atoms. The van der Waals surface area contributed by atoms with Gasteiger partial charge in [0.15, 0.2) is 0 Å². The van der Waals surface area contributed by atoms with Crippen LogP contribution in [0.4, 0.5) is 10.5 Å². The molecule has 0 aromatic heterocycles. The molecule has 1 saturated carbocycles. The maximum absolute atomic E-state index is 12.2. The second-order valence-corrected chi connectivity index (χ2v) is 6.71. The minimum atomic E-state index is -0.115. The Morgan fingerprint density at radius 2 is 1.86 bits per heavy atom. The van der Waals surface area contributed by atoms with E-state index in [9.17, 15) is 4.79 Å². The van der Waals surface area contributed by atoms with Gasteiger partial charge in [0.05, 0.1) is 0 Å². The number of benzene rings is 1. The zero-order chi connectivity index (χ0) is 16.0. The Morgan fingerprint density at radius 1 is 1.18 bits per heavy atom. The molecule has 2 N–H and O–H groups in total. The van der Waals surface area contributed by atoms with Crippen molar-refractivity contribution in [1.29, 1.82) is 0 Å². The molecule has 4 nitrogen and oxygen atoms in total. The third-order valence-corrected chi connectivity index (χ3v) is 4.84. The molecule has 0 atom stereocenters. The van der Waals surface area contributed by atoms with Crippen molar-refractivity contribution in [2.24, 2.45) is 0 Å². The molecule has 2 rings (SSSR count). The van der Waals surface area contributed by atoms with Crippen LogP contribution in [0.15, 0.2) is 24.3 Å². The summed E-state index contributed by atoms with van der Waals surface area (Å²) in [6, 6.07) is 7.76. The first-order valence-corrected chi connectivity index (χ1v) is 8.31. The molecule has 0 bridgehead atoms. The zero-order valence-corrected chi connectivity index (χ0v) is 14.1. The van der Waals surface area contributed by atoms with Crippen molar-refractivity contribution in [2.75, 3.05) is 26.0 Å². The number of hydrogen-bond donors (Lipinski definition) is 2. The lowest BCUT2D eigenvalue weighted by molar-refractivity contribution is 0.129. The molecule has 1 aliphatic carbocycles. The fourth-order valence-corrected chi connectivity index (χ4v) is 3.31. The molecule has 0 saturated heterocycles. The second-order valence-electron chi connectivity index (χ2n) is 6.71. The predicted molar refractivity (Wildman–Crippen MR) is 92.3 cm³/mol. The van der Waals surface area contributed by atoms with Crippen molar-refractivity contribution in [3.05, 3.63) is 29.8 Å². The van der Waals surface area contributed by atoms with E-state index in [0.717, 1.165) is 24.1 Å². The molecule has 0 aliphatic heterocycles. The van der Waals surface area contributed by atoms with Crippen molar-refractivity contribution < 1.29 is 4.79 Å². The Balaban J connectivity index is 1.92. The monoisotopic (exact) mass is 303 g/mol. The van der Waals surface area contributed by atoms with Crippen LogP contribution in [0.25, 0.3) is 0 Å². The van der Waals surface area contributed by atoms with E-state index in [0.29, 0.717) is 6.54 Å². The van der Waals surface area contributed by atoms with Gasteiger partial charge < -0.3 is 15.5 Å². The van der Waals surface area contributed by atoms with Crippen LogP contribution >= 0.6 is 0 Å². The van der Waals surface area contributed by atoms with E-state index in [1.54, 1.807) is 0 Å². The Bertz CT molecular complexity index is 491. The second kappa shape index (κ2) is 7.63. The highest BCUT2D eigenvalue weighted by Crippen LogP contribution is 2.30. The maximum Gasteiger partial charge on any atom is 0.319 e. The van der Waals surface area contributed by atoms with Gasteiger partial charge in [-0.25, -0.2) is 4.79 Å². The van der Waals surface area contributed by atoms with Gasteiger partial charge in [-0.15, -0.1) is 0 Å². The van der Waals surface area contributed by atoms with E-state index in [2.05, 4.69) is 29.6 Å². The van der Waals surface area contributed by atoms with Crippen LogP contribution in [0.3, 0.4) is 0 Å². The average Bonchev–Trinajstić information content (AvgIpc) is 2.72. The molecule has 0 heterocycles. The summed E-state index contributed by atoms with van der Waals surface area (Å²) in [6.07, 6.45) is 7.43. The minimum absolute atomic E-state index is 0.0977. The normalized spacial score (nSPS) is 17.8. The van der Waals surface area contributed by atoms with Crippen molar-refractivity contribution in [1.82, 2.24) is 10.2 Å². The predicted octanol–water partition coefficient (Wildman–Crippen LogP) is 3.77. The van der Waals surface area contributed by atoms with Crippen LogP contribution in [-0.4, -0.2) is 37.1 Å². The first-order valence-electron chi connectivity index (χ1n) is 8.31. The summed E-state index contributed by atoms with van der Waals surface area (Å²) in [7, 11) is 4.26. The number of nitrogens with one attached hydrogen (secondary N) is 2. The van der Waals surface area contributed by atoms with E-state index in [-0.39, 0.29) is 11.6 Å². The van der Waals surface area contributed by atoms with Crippen molar-refractivity contribution in [2.45, 2.75) is 51.0 Å². The number of carbonyl (C=O) groups excluding carboxylic acids is 1. The fraction of sp³-hybridized carbons (Fsp3) is 0.611. The van der Waals surface area contributed by atoms with Crippen molar-refractivity contribution >= 4 is 11.7 Å². The van der Waals surface area contributed by atoms with Gasteiger partial charge in [0.2, 0.25) is 0 Å². The highest BCUT2D eigenvalue weighted by Gasteiger charge is 2.33. The summed E-state index contributed by atoms with van der Waals surface area (Å²) in [5.41, 5.74) is 2.09. The Morgan fingerprint density at radius 3 is 2.45 bits per heavy atom. The SMILES string of the molecule is Cc1cccc(NC(=O)NCC2(N(C)C)CCCCCC2)c1. The van der Waals surface area contributed by atoms with Crippen LogP contribution in [-0.2, 0) is 0 Å². The molecule has 0 spiro atoms. The zero-order valence-electron chi connectivity index (χ0n) is 14.1. The largest absolute Gasteiger partial charge is 0.336 e. The Hall–Kier alpha value is -1.55. The van der Waals surface area contributed by atoms with Crippen molar-refractivity contribution in [3.8, 4) is 0 Å². The van der Waals surface area contributed by atoms with Gasteiger partial charge in [-0.05, 0) is 51.6 Å². The van der Waals surface area contributed by atoms with E-state index < -0.39 is 0 Å². The molecule has 2 amide bonds. The summed E-state index contributed by atoms with van der Waals surface area (Å²) < 4.78 is 0. The minimum Gasteiger partial charge on any atom is -0.336 e. The van der Waals surface area contributed by atoms with Crippen LogP contribution in [0.2, 0.25) is 0 Å². The number of urea groups is 1. The van der Waals surface area contributed by atoms with Gasteiger partial charge in [0, 0.05) is 17.8 Å². The van der Waals surface area contributed by atoms with Gasteiger partial charge in [-0.3, -0.25) is 0 Å². The first kappa shape index (κ1) is 16.8.